The van der Waals surface area contributed by atoms with Gasteiger partial charge in [0.1, 0.15) is 11.8 Å². The van der Waals surface area contributed by atoms with Crippen molar-refractivity contribution in [3.63, 3.8) is 0 Å². The highest BCUT2D eigenvalue weighted by atomic mass is 16.5. The summed E-state index contributed by atoms with van der Waals surface area (Å²) in [7, 11) is 3.80. The molecule has 0 saturated heterocycles. The van der Waals surface area contributed by atoms with Crippen molar-refractivity contribution in [2.45, 2.75) is 12.5 Å². The molecule has 22 heavy (non-hydrogen) atoms. The number of carbonyl (C=O) groups is 3. The number of amides is 1. The zero-order chi connectivity index (χ0) is 16.7. The summed E-state index contributed by atoms with van der Waals surface area (Å²) >= 11 is 0. The van der Waals surface area contributed by atoms with Crippen LogP contribution in [0.5, 0.6) is 5.75 Å². The predicted octanol–water partition coefficient (Wildman–Crippen LogP) is 0.112. The van der Waals surface area contributed by atoms with Gasteiger partial charge in [0.25, 0.3) is 5.91 Å². The van der Waals surface area contributed by atoms with Crippen molar-refractivity contribution in [3.8, 4) is 5.75 Å². The fourth-order valence-corrected chi connectivity index (χ4v) is 1.70. The monoisotopic (exact) mass is 310 g/mol. The topological polar surface area (TPSA) is 117 Å². The highest BCUT2D eigenvalue weighted by molar-refractivity contribution is 6.01. The van der Waals surface area contributed by atoms with E-state index >= 15 is 0 Å². The van der Waals surface area contributed by atoms with Gasteiger partial charge in [0, 0.05) is 11.8 Å². The summed E-state index contributed by atoms with van der Waals surface area (Å²) in [5, 5.41) is 2.39. The lowest BCUT2D eigenvalue weighted by Crippen LogP contribution is -2.43. The van der Waals surface area contributed by atoms with Crippen molar-refractivity contribution in [1.29, 1.82) is 0 Å². The van der Waals surface area contributed by atoms with Gasteiger partial charge in [0.05, 0.1) is 33.3 Å². The van der Waals surface area contributed by atoms with E-state index in [1.54, 1.807) is 6.07 Å². The van der Waals surface area contributed by atoms with E-state index in [1.165, 1.54) is 26.4 Å². The molecule has 1 aromatic carbocycles. The van der Waals surface area contributed by atoms with Gasteiger partial charge in [-0.3, -0.25) is 9.59 Å². The fraction of sp³-hybridized carbons (Fsp3) is 0.357. The van der Waals surface area contributed by atoms with E-state index in [-0.39, 0.29) is 17.7 Å². The first-order valence-electron chi connectivity index (χ1n) is 6.32. The zero-order valence-corrected chi connectivity index (χ0v) is 12.5. The Labute approximate surface area is 127 Å². The number of benzene rings is 1. The Balaban J connectivity index is 2.90. The van der Waals surface area contributed by atoms with Crippen LogP contribution in [0, 0.1) is 0 Å². The SMILES string of the molecule is COC(=O)CC(NC(=O)c1ccc(OC)cc1N)C(=O)OC. The van der Waals surface area contributed by atoms with Crippen molar-refractivity contribution >= 4 is 23.5 Å². The van der Waals surface area contributed by atoms with Crippen LogP contribution in [0.15, 0.2) is 18.2 Å². The number of hydrogen-bond acceptors (Lipinski definition) is 7. The van der Waals surface area contributed by atoms with Crippen molar-refractivity contribution in [1.82, 2.24) is 5.32 Å². The minimum atomic E-state index is -1.16. The highest BCUT2D eigenvalue weighted by Gasteiger charge is 2.26. The number of rotatable bonds is 6. The van der Waals surface area contributed by atoms with Gasteiger partial charge in [-0.05, 0) is 12.1 Å². The van der Waals surface area contributed by atoms with Crippen LogP contribution in [0.2, 0.25) is 0 Å². The van der Waals surface area contributed by atoms with Crippen molar-refractivity contribution in [2.24, 2.45) is 0 Å². The molecule has 3 N–H and O–H groups in total. The lowest BCUT2D eigenvalue weighted by atomic mass is 10.1. The molecule has 1 atom stereocenters. The first-order valence-corrected chi connectivity index (χ1v) is 6.32. The number of anilines is 1. The van der Waals surface area contributed by atoms with Crippen LogP contribution in [0.3, 0.4) is 0 Å². The summed E-state index contributed by atoms with van der Waals surface area (Å²) in [4.78, 5) is 35.1. The predicted molar refractivity (Wildman–Crippen MR) is 77.3 cm³/mol. The Morgan fingerprint density at radius 2 is 1.86 bits per heavy atom. The minimum Gasteiger partial charge on any atom is -0.497 e. The van der Waals surface area contributed by atoms with Crippen LogP contribution < -0.4 is 15.8 Å². The summed E-state index contributed by atoms with van der Waals surface area (Å²) in [5.41, 5.74) is 6.09. The van der Waals surface area contributed by atoms with Crippen molar-refractivity contribution in [2.75, 3.05) is 27.1 Å². The van der Waals surface area contributed by atoms with E-state index in [1.807, 2.05) is 0 Å². The zero-order valence-electron chi connectivity index (χ0n) is 12.5. The summed E-state index contributed by atoms with van der Waals surface area (Å²) in [6.45, 7) is 0. The van der Waals surface area contributed by atoms with E-state index in [2.05, 4.69) is 14.8 Å². The Morgan fingerprint density at radius 3 is 2.36 bits per heavy atom. The molecule has 120 valence electrons. The second kappa shape index (κ2) is 7.87. The maximum absolute atomic E-state index is 12.2. The molecule has 1 amide bonds. The number of hydrogen-bond donors (Lipinski definition) is 2. The van der Waals surface area contributed by atoms with Gasteiger partial charge in [0.2, 0.25) is 0 Å². The molecular formula is C14H18N2O6. The Kier molecular flexibility index (Phi) is 6.18. The molecule has 0 bridgehead atoms. The number of carbonyl (C=O) groups excluding carboxylic acids is 3. The van der Waals surface area contributed by atoms with E-state index in [0.29, 0.717) is 5.75 Å². The molecule has 0 radical (unpaired) electrons. The van der Waals surface area contributed by atoms with E-state index < -0.39 is 23.9 Å². The lowest BCUT2D eigenvalue weighted by Gasteiger charge is -2.16. The van der Waals surface area contributed by atoms with Crippen LogP contribution in [0.4, 0.5) is 5.69 Å². The summed E-state index contributed by atoms with van der Waals surface area (Å²) in [5.74, 6) is -1.53. The second-order valence-electron chi connectivity index (χ2n) is 4.28. The lowest BCUT2D eigenvalue weighted by molar-refractivity contribution is -0.149. The number of nitrogens with two attached hydrogens (primary N) is 1. The van der Waals surface area contributed by atoms with Crippen LogP contribution >= 0.6 is 0 Å². The quantitative estimate of drug-likeness (QED) is 0.565. The minimum absolute atomic E-state index is 0.152. The number of methoxy groups -OCH3 is 3. The second-order valence-corrected chi connectivity index (χ2v) is 4.28. The Morgan fingerprint density at radius 1 is 1.18 bits per heavy atom. The summed E-state index contributed by atoms with van der Waals surface area (Å²) in [6.07, 6.45) is -0.342. The van der Waals surface area contributed by atoms with Gasteiger partial charge < -0.3 is 25.3 Å². The van der Waals surface area contributed by atoms with Crippen molar-refractivity contribution in [3.05, 3.63) is 23.8 Å². The fourth-order valence-electron chi connectivity index (χ4n) is 1.70. The molecule has 0 fully saturated rings. The molecule has 1 unspecified atom stereocenters. The molecule has 0 saturated carbocycles. The number of ether oxygens (including phenoxy) is 3. The molecule has 0 aliphatic heterocycles. The van der Waals surface area contributed by atoms with Gasteiger partial charge in [-0.1, -0.05) is 0 Å². The maximum atomic E-state index is 12.2. The molecule has 0 aromatic heterocycles. The van der Waals surface area contributed by atoms with Gasteiger partial charge in [-0.15, -0.1) is 0 Å². The van der Waals surface area contributed by atoms with Crippen LogP contribution in [-0.4, -0.2) is 45.2 Å². The van der Waals surface area contributed by atoms with E-state index in [9.17, 15) is 14.4 Å². The molecule has 1 rings (SSSR count). The summed E-state index contributed by atoms with van der Waals surface area (Å²) < 4.78 is 14.0. The molecular weight excluding hydrogens is 292 g/mol. The van der Waals surface area contributed by atoms with Crippen molar-refractivity contribution < 1.29 is 28.6 Å². The van der Waals surface area contributed by atoms with Crippen LogP contribution in [0.25, 0.3) is 0 Å². The molecule has 0 aliphatic carbocycles. The molecule has 1 aromatic rings. The van der Waals surface area contributed by atoms with Gasteiger partial charge >= 0.3 is 11.9 Å². The third-order valence-electron chi connectivity index (χ3n) is 2.89. The largest absolute Gasteiger partial charge is 0.497 e. The van der Waals surface area contributed by atoms with Gasteiger partial charge in [-0.25, -0.2) is 4.79 Å². The molecule has 0 aliphatic rings. The Hall–Kier alpha value is -2.77. The highest BCUT2D eigenvalue weighted by Crippen LogP contribution is 2.19. The third kappa shape index (κ3) is 4.37. The van der Waals surface area contributed by atoms with Gasteiger partial charge in [-0.2, -0.15) is 0 Å². The smallest absolute Gasteiger partial charge is 0.328 e. The number of esters is 2. The summed E-state index contributed by atoms with van der Waals surface area (Å²) in [6, 6.07) is 3.32. The normalized spacial score (nSPS) is 11.2. The number of nitrogen functional groups attached to an aromatic ring is 1. The van der Waals surface area contributed by atoms with E-state index in [4.69, 9.17) is 10.5 Å². The van der Waals surface area contributed by atoms with Gasteiger partial charge in [0.15, 0.2) is 0 Å². The van der Waals surface area contributed by atoms with Crippen LogP contribution in [0.1, 0.15) is 16.8 Å². The number of nitrogens with one attached hydrogen (secondary N) is 1. The first kappa shape index (κ1) is 17.3. The Bertz CT molecular complexity index is 572. The maximum Gasteiger partial charge on any atom is 0.328 e. The first-order chi connectivity index (χ1) is 10.4. The molecule has 8 nitrogen and oxygen atoms in total. The average Bonchev–Trinajstić information content (AvgIpc) is 2.52. The molecule has 8 heteroatoms. The van der Waals surface area contributed by atoms with E-state index in [0.717, 1.165) is 7.11 Å². The standard InChI is InChI=1S/C14H18N2O6/c1-20-8-4-5-9(10(15)6-8)13(18)16-11(14(19)22-3)7-12(17)21-2/h4-6,11H,7,15H2,1-3H3,(H,16,18). The third-order valence-corrected chi connectivity index (χ3v) is 2.89. The average molecular weight is 310 g/mol. The van der Waals surface area contributed by atoms with Crippen LogP contribution in [-0.2, 0) is 19.1 Å². The molecule has 0 spiro atoms. The molecule has 0 heterocycles.